The number of aryl methyl sites for hydroxylation is 3. The number of benzene rings is 2. The number of hydrogen-bond donors (Lipinski definition) is 2. The zero-order chi connectivity index (χ0) is 23.2. The molecule has 0 bridgehead atoms. The van der Waals surface area contributed by atoms with Crippen molar-refractivity contribution in [1.82, 2.24) is 5.32 Å². The first-order valence-corrected chi connectivity index (χ1v) is 11.5. The van der Waals surface area contributed by atoms with Crippen LogP contribution in [0.3, 0.4) is 0 Å². The number of phenols is 1. The van der Waals surface area contributed by atoms with E-state index >= 15 is 0 Å². The van der Waals surface area contributed by atoms with E-state index in [9.17, 15) is 9.90 Å². The number of phenolic OH excluding ortho intramolecular Hbond substituents is 1. The van der Waals surface area contributed by atoms with Crippen LogP contribution >= 0.6 is 0 Å². The number of hydrogen-bond acceptors (Lipinski definition) is 4. The lowest BCUT2D eigenvalue weighted by molar-refractivity contribution is -0.121. The van der Waals surface area contributed by atoms with Crippen molar-refractivity contribution in [2.75, 3.05) is 13.2 Å². The van der Waals surface area contributed by atoms with E-state index in [2.05, 4.69) is 17.4 Å². The molecule has 1 aliphatic heterocycles. The number of amides is 1. The first-order chi connectivity index (χ1) is 15.0. The second-order valence-corrected chi connectivity index (χ2v) is 7.09. The second kappa shape index (κ2) is 14.5. The monoisotopic (exact) mass is 429 g/mol. The molecule has 31 heavy (non-hydrogen) atoms. The van der Waals surface area contributed by atoms with Crippen LogP contribution < -0.4 is 10.1 Å². The third-order valence-corrected chi connectivity index (χ3v) is 4.77. The van der Waals surface area contributed by atoms with Gasteiger partial charge < -0.3 is 19.9 Å². The van der Waals surface area contributed by atoms with Crippen LogP contribution in [0, 0.1) is 13.8 Å². The number of ether oxygens (including phenoxy) is 2. The summed E-state index contributed by atoms with van der Waals surface area (Å²) in [7, 11) is 0. The van der Waals surface area contributed by atoms with Gasteiger partial charge in [-0.3, -0.25) is 4.79 Å². The average molecular weight is 430 g/mol. The molecule has 172 valence electrons. The molecule has 0 aliphatic carbocycles. The maximum absolute atomic E-state index is 12.1. The van der Waals surface area contributed by atoms with Crippen LogP contribution in [0.2, 0.25) is 0 Å². The number of rotatable bonds is 7. The van der Waals surface area contributed by atoms with E-state index in [1.165, 1.54) is 0 Å². The molecular formula is C26H39NO4. The van der Waals surface area contributed by atoms with Crippen LogP contribution in [-0.4, -0.2) is 30.3 Å². The first-order valence-electron chi connectivity index (χ1n) is 11.5. The Labute approximate surface area is 187 Å². The first kappa shape index (κ1) is 26.5. The van der Waals surface area contributed by atoms with Crippen LogP contribution in [0.5, 0.6) is 17.2 Å². The maximum Gasteiger partial charge on any atom is 0.220 e. The van der Waals surface area contributed by atoms with Gasteiger partial charge in [-0.15, -0.1) is 0 Å². The fraction of sp³-hybridized carbons (Fsp3) is 0.500. The van der Waals surface area contributed by atoms with Gasteiger partial charge in [0.05, 0.1) is 6.10 Å². The Hall–Kier alpha value is -2.53. The number of nitrogens with one attached hydrogen (secondary N) is 1. The predicted octanol–water partition coefficient (Wildman–Crippen LogP) is 6.08. The molecule has 1 fully saturated rings. The van der Waals surface area contributed by atoms with E-state index in [1.54, 1.807) is 24.3 Å². The Morgan fingerprint density at radius 3 is 2.26 bits per heavy atom. The minimum absolute atomic E-state index is 0.0604. The normalized spacial score (nSPS) is 14.6. The zero-order valence-electron chi connectivity index (χ0n) is 20.0. The van der Waals surface area contributed by atoms with Crippen molar-refractivity contribution in [1.29, 1.82) is 0 Å². The lowest BCUT2D eigenvalue weighted by atomic mass is 10.0. The van der Waals surface area contributed by atoms with E-state index in [0.717, 1.165) is 41.9 Å². The van der Waals surface area contributed by atoms with Crippen molar-refractivity contribution in [2.24, 2.45) is 0 Å². The standard InChI is InChI=1S/C22H27NO4.2C2H6/c1-15-12-17(5-10-21(25)23-14-20-4-3-11-26-20)13-16(2)22(15)27-19-8-6-18(24)7-9-19;2*1-2/h6-9,12-13,20,24H,3-5,10-11,14H2,1-2H3,(H,23,25);2*1-2H3. The van der Waals surface area contributed by atoms with E-state index in [1.807, 2.05) is 41.5 Å². The van der Waals surface area contributed by atoms with Gasteiger partial charge in [0.15, 0.2) is 0 Å². The van der Waals surface area contributed by atoms with E-state index < -0.39 is 0 Å². The highest BCUT2D eigenvalue weighted by molar-refractivity contribution is 5.76. The summed E-state index contributed by atoms with van der Waals surface area (Å²) in [5, 5.41) is 12.3. The van der Waals surface area contributed by atoms with Gasteiger partial charge in [-0.2, -0.15) is 0 Å². The molecule has 1 amide bonds. The third-order valence-electron chi connectivity index (χ3n) is 4.77. The molecule has 2 N–H and O–H groups in total. The van der Waals surface area contributed by atoms with Crippen LogP contribution in [-0.2, 0) is 16.0 Å². The summed E-state index contributed by atoms with van der Waals surface area (Å²) in [5.74, 6) is 1.77. The van der Waals surface area contributed by atoms with E-state index in [-0.39, 0.29) is 17.8 Å². The van der Waals surface area contributed by atoms with Crippen molar-refractivity contribution in [2.45, 2.75) is 73.3 Å². The Morgan fingerprint density at radius 2 is 1.71 bits per heavy atom. The summed E-state index contributed by atoms with van der Waals surface area (Å²) in [4.78, 5) is 12.1. The Morgan fingerprint density at radius 1 is 1.10 bits per heavy atom. The lowest BCUT2D eigenvalue weighted by Gasteiger charge is -2.14. The fourth-order valence-electron chi connectivity index (χ4n) is 3.36. The molecule has 1 atom stereocenters. The van der Waals surface area contributed by atoms with Crippen molar-refractivity contribution in [3.63, 3.8) is 0 Å². The van der Waals surface area contributed by atoms with Gasteiger partial charge in [0.1, 0.15) is 17.2 Å². The molecule has 1 aliphatic rings. The summed E-state index contributed by atoms with van der Waals surface area (Å²) >= 11 is 0. The molecule has 0 radical (unpaired) electrons. The Kier molecular flexibility index (Phi) is 12.4. The van der Waals surface area contributed by atoms with Crippen molar-refractivity contribution >= 4 is 5.91 Å². The van der Waals surface area contributed by atoms with E-state index in [4.69, 9.17) is 9.47 Å². The van der Waals surface area contributed by atoms with Crippen LogP contribution in [0.1, 0.15) is 63.6 Å². The molecule has 1 unspecified atom stereocenters. The minimum atomic E-state index is 0.0604. The third kappa shape index (κ3) is 9.01. The van der Waals surface area contributed by atoms with Crippen molar-refractivity contribution < 1.29 is 19.4 Å². The summed E-state index contributed by atoms with van der Waals surface area (Å²) in [5.41, 5.74) is 3.17. The van der Waals surface area contributed by atoms with Gasteiger partial charge in [0, 0.05) is 19.6 Å². The van der Waals surface area contributed by atoms with Gasteiger partial charge in [-0.25, -0.2) is 0 Å². The second-order valence-electron chi connectivity index (χ2n) is 7.09. The number of carbonyl (C=O) groups excluding carboxylic acids is 1. The molecule has 0 aromatic heterocycles. The number of aromatic hydroxyl groups is 1. The molecule has 1 saturated heterocycles. The smallest absolute Gasteiger partial charge is 0.220 e. The molecule has 5 heteroatoms. The summed E-state index contributed by atoms with van der Waals surface area (Å²) in [6, 6.07) is 10.8. The molecule has 0 saturated carbocycles. The highest BCUT2D eigenvalue weighted by atomic mass is 16.5. The summed E-state index contributed by atoms with van der Waals surface area (Å²) < 4.78 is 11.5. The maximum atomic E-state index is 12.1. The van der Waals surface area contributed by atoms with Crippen LogP contribution in [0.15, 0.2) is 36.4 Å². The number of carbonyl (C=O) groups is 1. The van der Waals surface area contributed by atoms with Crippen molar-refractivity contribution in [3.8, 4) is 17.2 Å². The summed E-state index contributed by atoms with van der Waals surface area (Å²) in [6.45, 7) is 13.4. The van der Waals surface area contributed by atoms with Gasteiger partial charge in [0.2, 0.25) is 5.91 Å². The summed E-state index contributed by atoms with van der Waals surface area (Å²) in [6.07, 6.45) is 3.44. The predicted molar refractivity (Wildman–Crippen MR) is 127 cm³/mol. The largest absolute Gasteiger partial charge is 0.508 e. The van der Waals surface area contributed by atoms with Crippen LogP contribution in [0.25, 0.3) is 0 Å². The zero-order valence-corrected chi connectivity index (χ0v) is 20.0. The topological polar surface area (TPSA) is 67.8 Å². The molecule has 3 rings (SSSR count). The lowest BCUT2D eigenvalue weighted by Crippen LogP contribution is -2.31. The molecule has 5 nitrogen and oxygen atoms in total. The van der Waals surface area contributed by atoms with Gasteiger partial charge in [-0.05, 0) is 74.1 Å². The van der Waals surface area contributed by atoms with Crippen molar-refractivity contribution in [3.05, 3.63) is 53.1 Å². The molecule has 0 spiro atoms. The molecule has 1 heterocycles. The molecule has 2 aromatic carbocycles. The highest BCUT2D eigenvalue weighted by Crippen LogP contribution is 2.31. The average Bonchev–Trinajstić information content (AvgIpc) is 3.31. The SMILES string of the molecule is CC.CC.Cc1cc(CCC(=O)NCC2CCCO2)cc(C)c1Oc1ccc(O)cc1. The highest BCUT2D eigenvalue weighted by Gasteiger charge is 2.16. The Bertz CT molecular complexity index is 757. The fourth-order valence-corrected chi connectivity index (χ4v) is 3.36. The molecule has 2 aromatic rings. The van der Waals surface area contributed by atoms with Gasteiger partial charge in [0.25, 0.3) is 0 Å². The Balaban J connectivity index is 0.00000113. The van der Waals surface area contributed by atoms with Gasteiger partial charge >= 0.3 is 0 Å². The quantitative estimate of drug-likeness (QED) is 0.559. The minimum Gasteiger partial charge on any atom is -0.508 e. The van der Waals surface area contributed by atoms with Crippen LogP contribution in [0.4, 0.5) is 0 Å². The van der Waals surface area contributed by atoms with E-state index in [0.29, 0.717) is 25.1 Å². The van der Waals surface area contributed by atoms with Gasteiger partial charge in [-0.1, -0.05) is 39.8 Å². The molecular weight excluding hydrogens is 390 g/mol.